The summed E-state index contributed by atoms with van der Waals surface area (Å²) in [6.07, 6.45) is 3.06. The Morgan fingerprint density at radius 1 is 1.00 bits per heavy atom. The number of nitrogens with zero attached hydrogens (tertiary/aromatic N) is 1. The average Bonchev–Trinajstić information content (AvgIpc) is 2.59. The van der Waals surface area contributed by atoms with Crippen LogP contribution in [-0.2, 0) is 4.79 Å². The largest absolute Gasteiger partial charge is 0.378 e. The molecule has 5 heteroatoms. The van der Waals surface area contributed by atoms with Gasteiger partial charge in [-0.1, -0.05) is 35.9 Å². The standard InChI is InChI=1S/C19H21N3O2/c1-14-7-9-15(10-8-14)11-12-18(23)20-21-19(24)16-5-4-6-17(13-16)22(2)3/h4-13H,1-3H3,(H,20,23)(H,21,24)/b12-11+. The van der Waals surface area contributed by atoms with Crippen LogP contribution in [0.1, 0.15) is 21.5 Å². The highest BCUT2D eigenvalue weighted by molar-refractivity contribution is 5.98. The molecule has 0 radical (unpaired) electrons. The Balaban J connectivity index is 1.90. The number of carbonyl (C=O) groups is 2. The summed E-state index contributed by atoms with van der Waals surface area (Å²) in [5, 5.41) is 0. The number of benzene rings is 2. The average molecular weight is 323 g/mol. The van der Waals surface area contributed by atoms with Crippen molar-refractivity contribution in [3.8, 4) is 0 Å². The number of carbonyl (C=O) groups excluding carboxylic acids is 2. The summed E-state index contributed by atoms with van der Waals surface area (Å²) in [5.41, 5.74) is 8.23. The van der Waals surface area contributed by atoms with Crippen LogP contribution in [0, 0.1) is 6.92 Å². The van der Waals surface area contributed by atoms with E-state index in [9.17, 15) is 9.59 Å². The molecule has 0 aliphatic carbocycles. The summed E-state index contributed by atoms with van der Waals surface area (Å²) in [7, 11) is 3.79. The molecule has 24 heavy (non-hydrogen) atoms. The van der Waals surface area contributed by atoms with E-state index in [4.69, 9.17) is 0 Å². The second-order valence-corrected chi connectivity index (χ2v) is 5.63. The smallest absolute Gasteiger partial charge is 0.269 e. The number of anilines is 1. The molecule has 2 amide bonds. The summed E-state index contributed by atoms with van der Waals surface area (Å²) in [6, 6.07) is 14.9. The number of aryl methyl sites for hydroxylation is 1. The Morgan fingerprint density at radius 2 is 1.71 bits per heavy atom. The van der Waals surface area contributed by atoms with Crippen LogP contribution in [0.25, 0.3) is 6.08 Å². The SMILES string of the molecule is Cc1ccc(/C=C/C(=O)NNC(=O)c2cccc(N(C)C)c2)cc1. The zero-order chi connectivity index (χ0) is 17.5. The third-order valence-electron chi connectivity index (χ3n) is 3.43. The second-order valence-electron chi connectivity index (χ2n) is 5.63. The molecule has 0 spiro atoms. The van der Waals surface area contributed by atoms with Crippen molar-refractivity contribution in [2.75, 3.05) is 19.0 Å². The molecule has 0 atom stereocenters. The van der Waals surface area contributed by atoms with Crippen LogP contribution in [0.15, 0.2) is 54.6 Å². The van der Waals surface area contributed by atoms with Gasteiger partial charge in [0.15, 0.2) is 0 Å². The molecule has 0 saturated heterocycles. The number of hydrogen-bond donors (Lipinski definition) is 2. The molecule has 0 heterocycles. The van der Waals surface area contributed by atoms with Crippen LogP contribution in [0.4, 0.5) is 5.69 Å². The van der Waals surface area contributed by atoms with E-state index in [2.05, 4.69) is 10.9 Å². The van der Waals surface area contributed by atoms with Crippen molar-refractivity contribution in [1.82, 2.24) is 10.9 Å². The van der Waals surface area contributed by atoms with Crippen molar-refractivity contribution in [2.24, 2.45) is 0 Å². The van der Waals surface area contributed by atoms with Gasteiger partial charge in [-0.25, -0.2) is 0 Å². The lowest BCUT2D eigenvalue weighted by molar-refractivity contribution is -0.117. The van der Waals surface area contributed by atoms with E-state index >= 15 is 0 Å². The van der Waals surface area contributed by atoms with Gasteiger partial charge in [0.05, 0.1) is 0 Å². The minimum absolute atomic E-state index is 0.365. The molecule has 124 valence electrons. The van der Waals surface area contributed by atoms with E-state index in [0.29, 0.717) is 5.56 Å². The van der Waals surface area contributed by atoms with Crippen LogP contribution in [0.3, 0.4) is 0 Å². The third kappa shape index (κ3) is 4.98. The van der Waals surface area contributed by atoms with Gasteiger partial charge in [0.25, 0.3) is 11.8 Å². The van der Waals surface area contributed by atoms with E-state index < -0.39 is 5.91 Å². The second kappa shape index (κ2) is 7.97. The van der Waals surface area contributed by atoms with Gasteiger partial charge in [0.2, 0.25) is 0 Å². The van der Waals surface area contributed by atoms with Crippen molar-refractivity contribution < 1.29 is 9.59 Å². The molecule has 0 fully saturated rings. The fourth-order valence-electron chi connectivity index (χ4n) is 2.01. The molecule has 0 unspecified atom stereocenters. The molecule has 0 aliphatic heterocycles. The Labute approximate surface area is 142 Å². The molecule has 2 aromatic carbocycles. The van der Waals surface area contributed by atoms with E-state index in [1.165, 1.54) is 6.08 Å². The number of amides is 2. The lowest BCUT2D eigenvalue weighted by Crippen LogP contribution is -2.40. The van der Waals surface area contributed by atoms with Crippen LogP contribution in [0.5, 0.6) is 0 Å². The predicted octanol–water partition coefficient (Wildman–Crippen LogP) is 2.54. The predicted molar refractivity (Wildman–Crippen MR) is 96.6 cm³/mol. The Bertz CT molecular complexity index is 749. The first kappa shape index (κ1) is 17.3. The van der Waals surface area contributed by atoms with Crippen molar-refractivity contribution in [3.05, 3.63) is 71.3 Å². The van der Waals surface area contributed by atoms with E-state index in [1.807, 2.05) is 56.3 Å². The quantitative estimate of drug-likeness (QED) is 0.671. The monoisotopic (exact) mass is 323 g/mol. The van der Waals surface area contributed by atoms with E-state index in [0.717, 1.165) is 16.8 Å². The van der Waals surface area contributed by atoms with Gasteiger partial charge in [0, 0.05) is 31.4 Å². The first-order valence-corrected chi connectivity index (χ1v) is 7.58. The van der Waals surface area contributed by atoms with Gasteiger partial charge in [-0.15, -0.1) is 0 Å². The molecule has 5 nitrogen and oxygen atoms in total. The van der Waals surface area contributed by atoms with Crippen molar-refractivity contribution in [3.63, 3.8) is 0 Å². The zero-order valence-electron chi connectivity index (χ0n) is 14.0. The van der Waals surface area contributed by atoms with E-state index in [-0.39, 0.29) is 5.91 Å². The summed E-state index contributed by atoms with van der Waals surface area (Å²) >= 11 is 0. The lowest BCUT2D eigenvalue weighted by atomic mass is 10.1. The van der Waals surface area contributed by atoms with Gasteiger partial charge < -0.3 is 4.90 Å². The minimum atomic E-state index is -0.396. The summed E-state index contributed by atoms with van der Waals surface area (Å²) in [6.45, 7) is 2.00. The molecular weight excluding hydrogens is 302 g/mol. The van der Waals surface area contributed by atoms with Gasteiger partial charge in [-0.05, 0) is 36.8 Å². The topological polar surface area (TPSA) is 61.4 Å². The first-order chi connectivity index (χ1) is 11.5. The maximum Gasteiger partial charge on any atom is 0.269 e. The number of hydrazine groups is 1. The van der Waals surface area contributed by atoms with Crippen LogP contribution >= 0.6 is 0 Å². The number of nitrogens with one attached hydrogen (secondary N) is 2. The highest BCUT2D eigenvalue weighted by Crippen LogP contribution is 2.13. The Morgan fingerprint density at radius 3 is 2.38 bits per heavy atom. The zero-order valence-corrected chi connectivity index (χ0v) is 14.0. The van der Waals surface area contributed by atoms with E-state index in [1.54, 1.807) is 24.3 Å². The van der Waals surface area contributed by atoms with Crippen LogP contribution in [-0.4, -0.2) is 25.9 Å². The first-order valence-electron chi connectivity index (χ1n) is 7.58. The van der Waals surface area contributed by atoms with Crippen LogP contribution < -0.4 is 15.8 Å². The normalized spacial score (nSPS) is 10.5. The molecule has 2 rings (SSSR count). The van der Waals surface area contributed by atoms with Crippen molar-refractivity contribution >= 4 is 23.6 Å². The Hall–Kier alpha value is -3.08. The van der Waals surface area contributed by atoms with Crippen molar-refractivity contribution in [2.45, 2.75) is 6.92 Å². The maximum absolute atomic E-state index is 12.1. The summed E-state index contributed by atoms with van der Waals surface area (Å²) in [4.78, 5) is 25.7. The molecule has 0 saturated carbocycles. The third-order valence-corrected chi connectivity index (χ3v) is 3.43. The highest BCUT2D eigenvalue weighted by atomic mass is 16.2. The molecule has 0 bridgehead atoms. The molecule has 2 N–H and O–H groups in total. The van der Waals surface area contributed by atoms with Gasteiger partial charge in [-0.2, -0.15) is 0 Å². The molecular formula is C19H21N3O2. The van der Waals surface area contributed by atoms with Gasteiger partial charge >= 0.3 is 0 Å². The molecule has 0 aromatic heterocycles. The number of rotatable bonds is 4. The van der Waals surface area contributed by atoms with Crippen molar-refractivity contribution in [1.29, 1.82) is 0 Å². The molecule has 2 aromatic rings. The fourth-order valence-corrected chi connectivity index (χ4v) is 2.01. The van der Waals surface area contributed by atoms with Gasteiger partial charge in [-0.3, -0.25) is 20.4 Å². The summed E-state index contributed by atoms with van der Waals surface area (Å²) in [5.74, 6) is -0.761. The van der Waals surface area contributed by atoms with Gasteiger partial charge in [0.1, 0.15) is 0 Å². The van der Waals surface area contributed by atoms with Crippen LogP contribution in [0.2, 0.25) is 0 Å². The number of hydrogen-bond acceptors (Lipinski definition) is 3. The Kier molecular flexibility index (Phi) is 5.73. The fraction of sp³-hybridized carbons (Fsp3) is 0.158. The highest BCUT2D eigenvalue weighted by Gasteiger charge is 2.07. The summed E-state index contributed by atoms with van der Waals surface area (Å²) < 4.78 is 0. The minimum Gasteiger partial charge on any atom is -0.378 e. The lowest BCUT2D eigenvalue weighted by Gasteiger charge is -2.13. The molecule has 0 aliphatic rings. The maximum atomic E-state index is 12.1.